The molecule has 1 atom stereocenters. The van der Waals surface area contributed by atoms with E-state index in [0.29, 0.717) is 0 Å². The van der Waals surface area contributed by atoms with Crippen LogP contribution in [-0.4, -0.2) is 36.3 Å². The highest BCUT2D eigenvalue weighted by Gasteiger charge is 2.42. The maximum atomic E-state index is 11.8. The molecule has 0 spiro atoms. The molecule has 18 heavy (non-hydrogen) atoms. The average molecular weight is 267 g/mol. The van der Waals surface area contributed by atoms with Gasteiger partial charge in [-0.25, -0.2) is 22.5 Å². The van der Waals surface area contributed by atoms with E-state index in [1.54, 1.807) is 0 Å². The minimum absolute atomic E-state index is 0.0100. The van der Waals surface area contributed by atoms with Crippen molar-refractivity contribution in [3.05, 3.63) is 23.9 Å². The maximum Gasteiger partial charge on any atom is 0.327 e. The quantitative estimate of drug-likeness (QED) is 0.803. The molecular weight excluding hydrogens is 258 g/mol. The molecule has 1 aromatic rings. The molecular formula is C10H9N3O4S. The van der Waals surface area contributed by atoms with Gasteiger partial charge in [-0.1, -0.05) is 0 Å². The number of pyridine rings is 1. The highest BCUT2D eigenvalue weighted by atomic mass is 32.2. The first kappa shape index (κ1) is 12.3. The van der Waals surface area contributed by atoms with Crippen LogP contribution in [0.1, 0.15) is 12.0 Å². The molecule has 2 rings (SSSR count). The number of nitriles is 1. The number of aromatic nitrogens is 1. The third kappa shape index (κ3) is 2.00. The largest absolute Gasteiger partial charge is 0.480 e. The molecule has 1 N–H and O–H groups in total. The van der Waals surface area contributed by atoms with Gasteiger partial charge in [-0.2, -0.15) is 5.26 Å². The Hall–Kier alpha value is -2.14. The van der Waals surface area contributed by atoms with Gasteiger partial charge in [-0.05, 0) is 18.6 Å². The van der Waals surface area contributed by atoms with Gasteiger partial charge in [0, 0.05) is 6.20 Å². The smallest absolute Gasteiger partial charge is 0.327 e. The third-order valence-corrected chi connectivity index (χ3v) is 4.41. The topological polar surface area (TPSA) is 111 Å². The fourth-order valence-electron chi connectivity index (χ4n) is 1.80. The van der Waals surface area contributed by atoms with Crippen molar-refractivity contribution in [2.45, 2.75) is 12.5 Å². The molecule has 0 aromatic carbocycles. The van der Waals surface area contributed by atoms with Gasteiger partial charge < -0.3 is 5.11 Å². The lowest BCUT2D eigenvalue weighted by Crippen LogP contribution is -2.39. The van der Waals surface area contributed by atoms with Gasteiger partial charge in [0.1, 0.15) is 11.9 Å². The Labute approximate surface area is 103 Å². The van der Waals surface area contributed by atoms with Crippen molar-refractivity contribution in [3.8, 4) is 6.07 Å². The second kappa shape index (κ2) is 4.27. The molecule has 1 unspecified atom stereocenters. The van der Waals surface area contributed by atoms with Crippen LogP contribution in [0.4, 0.5) is 5.82 Å². The first-order chi connectivity index (χ1) is 8.45. The molecule has 1 aromatic heterocycles. The second-order valence-electron chi connectivity index (χ2n) is 3.77. The van der Waals surface area contributed by atoms with Crippen molar-refractivity contribution in [2.24, 2.45) is 0 Å². The summed E-state index contributed by atoms with van der Waals surface area (Å²) in [6.45, 7) is 0. The van der Waals surface area contributed by atoms with Crippen LogP contribution in [-0.2, 0) is 14.8 Å². The standard InChI is InChI=1S/C10H9N3O4S/c11-6-7-1-3-12-9(5-7)13-8(10(14)15)2-4-18(13,16)17/h1,3,5,8H,2,4H2,(H,14,15). The van der Waals surface area contributed by atoms with Crippen molar-refractivity contribution in [1.82, 2.24) is 4.98 Å². The summed E-state index contributed by atoms with van der Waals surface area (Å²) in [7, 11) is -3.68. The lowest BCUT2D eigenvalue weighted by molar-refractivity contribution is -0.138. The third-order valence-electron chi connectivity index (χ3n) is 2.62. The Morgan fingerprint density at radius 3 is 2.94 bits per heavy atom. The molecule has 2 heterocycles. The molecule has 0 aliphatic carbocycles. The Kier molecular flexibility index (Phi) is 2.92. The lowest BCUT2D eigenvalue weighted by atomic mass is 10.2. The highest BCUT2D eigenvalue weighted by molar-refractivity contribution is 7.93. The van der Waals surface area contributed by atoms with Crippen molar-refractivity contribution < 1.29 is 18.3 Å². The Morgan fingerprint density at radius 2 is 2.33 bits per heavy atom. The van der Waals surface area contributed by atoms with Gasteiger partial charge in [0.15, 0.2) is 0 Å². The maximum absolute atomic E-state index is 11.8. The number of carboxylic acids is 1. The second-order valence-corrected chi connectivity index (χ2v) is 5.73. The minimum Gasteiger partial charge on any atom is -0.480 e. The molecule has 1 saturated heterocycles. The van der Waals surface area contributed by atoms with Gasteiger partial charge in [0.05, 0.1) is 17.4 Å². The normalized spacial score (nSPS) is 21.5. The van der Waals surface area contributed by atoms with Gasteiger partial charge in [0.2, 0.25) is 10.0 Å². The monoisotopic (exact) mass is 267 g/mol. The number of hydrogen-bond donors (Lipinski definition) is 1. The van der Waals surface area contributed by atoms with Crippen LogP contribution in [0.5, 0.6) is 0 Å². The first-order valence-electron chi connectivity index (χ1n) is 5.07. The van der Waals surface area contributed by atoms with E-state index in [2.05, 4.69) is 4.98 Å². The van der Waals surface area contributed by atoms with E-state index in [0.717, 1.165) is 4.31 Å². The predicted octanol–water partition coefficient (Wildman–Crippen LogP) is -0.0536. The van der Waals surface area contributed by atoms with Crippen LogP contribution in [0.3, 0.4) is 0 Å². The molecule has 0 saturated carbocycles. The van der Waals surface area contributed by atoms with Crippen LogP contribution < -0.4 is 4.31 Å². The van der Waals surface area contributed by atoms with Gasteiger partial charge in [-0.15, -0.1) is 0 Å². The minimum atomic E-state index is -3.68. The predicted molar refractivity (Wildman–Crippen MR) is 61.3 cm³/mol. The van der Waals surface area contributed by atoms with Crippen LogP contribution >= 0.6 is 0 Å². The number of nitrogens with zero attached hydrogens (tertiary/aromatic N) is 3. The van der Waals surface area contributed by atoms with E-state index in [-0.39, 0.29) is 23.6 Å². The Bertz CT molecular complexity index is 635. The number of anilines is 1. The van der Waals surface area contributed by atoms with Crippen molar-refractivity contribution >= 4 is 21.8 Å². The zero-order valence-electron chi connectivity index (χ0n) is 9.15. The molecule has 7 nitrogen and oxygen atoms in total. The highest BCUT2D eigenvalue weighted by Crippen LogP contribution is 2.27. The number of aliphatic carboxylic acids is 1. The Morgan fingerprint density at radius 1 is 1.61 bits per heavy atom. The summed E-state index contributed by atoms with van der Waals surface area (Å²) in [6.07, 6.45) is 1.29. The zero-order chi connectivity index (χ0) is 13.3. The van der Waals surface area contributed by atoms with E-state index in [4.69, 9.17) is 10.4 Å². The molecule has 8 heteroatoms. The molecule has 0 radical (unpaired) electrons. The van der Waals surface area contributed by atoms with E-state index < -0.39 is 22.0 Å². The summed E-state index contributed by atoms with van der Waals surface area (Å²) >= 11 is 0. The molecule has 0 amide bonds. The number of hydrogen-bond acceptors (Lipinski definition) is 5. The number of sulfonamides is 1. The lowest BCUT2D eigenvalue weighted by Gasteiger charge is -2.20. The van der Waals surface area contributed by atoms with Gasteiger partial charge in [-0.3, -0.25) is 0 Å². The fourth-order valence-corrected chi connectivity index (χ4v) is 3.49. The van der Waals surface area contributed by atoms with E-state index >= 15 is 0 Å². The SMILES string of the molecule is N#Cc1ccnc(N2C(C(=O)O)CCS2(=O)=O)c1. The molecule has 94 valence electrons. The number of rotatable bonds is 2. The molecule has 1 fully saturated rings. The van der Waals surface area contributed by atoms with E-state index in [9.17, 15) is 13.2 Å². The van der Waals surface area contributed by atoms with Crippen LogP contribution in [0.2, 0.25) is 0 Å². The summed E-state index contributed by atoms with van der Waals surface area (Å²) in [5, 5.41) is 17.8. The van der Waals surface area contributed by atoms with Crippen molar-refractivity contribution in [3.63, 3.8) is 0 Å². The fraction of sp³-hybridized carbons (Fsp3) is 0.300. The average Bonchev–Trinajstić information content (AvgIpc) is 2.65. The summed E-state index contributed by atoms with van der Waals surface area (Å²) in [4.78, 5) is 14.9. The van der Waals surface area contributed by atoms with E-state index in [1.165, 1.54) is 18.3 Å². The van der Waals surface area contributed by atoms with E-state index in [1.807, 2.05) is 6.07 Å². The summed E-state index contributed by atoms with van der Waals surface area (Å²) in [5.41, 5.74) is 0.228. The summed E-state index contributed by atoms with van der Waals surface area (Å²) < 4.78 is 24.4. The van der Waals surface area contributed by atoms with Crippen LogP contribution in [0.15, 0.2) is 18.3 Å². The van der Waals surface area contributed by atoms with Crippen molar-refractivity contribution in [2.75, 3.05) is 10.1 Å². The number of carbonyl (C=O) groups is 1. The van der Waals surface area contributed by atoms with Crippen LogP contribution in [0.25, 0.3) is 0 Å². The van der Waals surface area contributed by atoms with Gasteiger partial charge in [0.25, 0.3) is 0 Å². The zero-order valence-corrected chi connectivity index (χ0v) is 9.96. The summed E-state index contributed by atoms with van der Waals surface area (Å²) in [6, 6.07) is 3.38. The molecule has 0 bridgehead atoms. The molecule has 1 aliphatic rings. The first-order valence-corrected chi connectivity index (χ1v) is 6.67. The van der Waals surface area contributed by atoms with Crippen molar-refractivity contribution in [1.29, 1.82) is 5.26 Å². The van der Waals surface area contributed by atoms with Gasteiger partial charge >= 0.3 is 5.97 Å². The number of carboxylic acid groups (broad SMARTS) is 1. The summed E-state index contributed by atoms with van der Waals surface area (Å²) in [5.74, 6) is -1.48. The van der Waals surface area contributed by atoms with Crippen LogP contribution in [0, 0.1) is 11.3 Å². The Balaban J connectivity index is 2.52. The molecule has 1 aliphatic heterocycles.